The van der Waals surface area contributed by atoms with Gasteiger partial charge < -0.3 is 10.1 Å². The molecule has 1 N–H and O–H groups in total. The summed E-state index contributed by atoms with van der Waals surface area (Å²) in [5.74, 6) is -0.748. The molecule has 0 bridgehead atoms. The van der Waals surface area contributed by atoms with Crippen molar-refractivity contribution < 1.29 is 14.3 Å². The van der Waals surface area contributed by atoms with Gasteiger partial charge in [-0.3, -0.25) is 4.79 Å². The van der Waals surface area contributed by atoms with Gasteiger partial charge in [-0.05, 0) is 32.6 Å². The second-order valence-corrected chi connectivity index (χ2v) is 3.59. The molecule has 0 spiro atoms. The highest BCUT2D eigenvalue weighted by atomic mass is 16.5. The summed E-state index contributed by atoms with van der Waals surface area (Å²) in [7, 11) is 0. The number of rotatable bonds is 8. The van der Waals surface area contributed by atoms with Crippen LogP contribution in [0.25, 0.3) is 0 Å². The summed E-state index contributed by atoms with van der Waals surface area (Å²) in [6.07, 6.45) is 7.25. The van der Waals surface area contributed by atoms with Crippen molar-refractivity contribution in [1.82, 2.24) is 5.32 Å². The Bertz CT molecular complexity index is 295. The lowest BCUT2D eigenvalue weighted by molar-refractivity contribution is -0.140. The number of carbonyl (C=O) groups is 2. The van der Waals surface area contributed by atoms with E-state index in [0.29, 0.717) is 6.61 Å². The van der Waals surface area contributed by atoms with Gasteiger partial charge in [0.15, 0.2) is 0 Å². The quantitative estimate of drug-likeness (QED) is 0.306. The average Bonchev–Trinajstić information content (AvgIpc) is 2.27. The van der Waals surface area contributed by atoms with Crippen LogP contribution < -0.4 is 5.32 Å². The molecule has 0 atom stereocenters. The predicted octanol–water partition coefficient (Wildman–Crippen LogP) is 2.32. The molecule has 0 saturated heterocycles. The van der Waals surface area contributed by atoms with E-state index in [1.54, 1.807) is 13.0 Å². The van der Waals surface area contributed by atoms with Gasteiger partial charge in [-0.15, -0.1) is 6.58 Å². The molecule has 0 aliphatic rings. The Morgan fingerprint density at radius 3 is 2.47 bits per heavy atom. The van der Waals surface area contributed by atoms with Crippen molar-refractivity contribution in [2.75, 3.05) is 6.61 Å². The van der Waals surface area contributed by atoms with E-state index in [1.165, 1.54) is 6.92 Å². The Morgan fingerprint density at radius 1 is 1.29 bits per heavy atom. The SMILES string of the molecule is C=CCCCCC=C(NC(C)=O)C(=O)OCC. The third-order valence-electron chi connectivity index (χ3n) is 2.02. The molecular formula is C13H21NO3. The van der Waals surface area contributed by atoms with Crippen LogP contribution in [0.2, 0.25) is 0 Å². The van der Waals surface area contributed by atoms with Crippen LogP contribution in [0.15, 0.2) is 24.4 Å². The minimum atomic E-state index is -0.480. The number of hydrogen-bond acceptors (Lipinski definition) is 3. The second-order valence-electron chi connectivity index (χ2n) is 3.59. The van der Waals surface area contributed by atoms with Gasteiger partial charge in [0.2, 0.25) is 5.91 Å². The molecule has 0 aliphatic carbocycles. The molecule has 0 radical (unpaired) electrons. The third-order valence-corrected chi connectivity index (χ3v) is 2.02. The minimum absolute atomic E-state index is 0.234. The van der Waals surface area contributed by atoms with Gasteiger partial charge >= 0.3 is 5.97 Å². The molecule has 0 heterocycles. The van der Waals surface area contributed by atoms with Crippen LogP contribution in [0.4, 0.5) is 0 Å². The molecule has 96 valence electrons. The van der Waals surface area contributed by atoms with Crippen LogP contribution in [-0.4, -0.2) is 18.5 Å². The first-order valence-corrected chi connectivity index (χ1v) is 5.87. The highest BCUT2D eigenvalue weighted by molar-refractivity contribution is 5.93. The van der Waals surface area contributed by atoms with E-state index in [4.69, 9.17) is 4.74 Å². The largest absolute Gasteiger partial charge is 0.461 e. The minimum Gasteiger partial charge on any atom is -0.461 e. The highest BCUT2D eigenvalue weighted by Gasteiger charge is 2.10. The Balaban J connectivity index is 4.24. The third kappa shape index (κ3) is 8.25. The van der Waals surface area contributed by atoms with Crippen LogP contribution in [-0.2, 0) is 14.3 Å². The van der Waals surface area contributed by atoms with Crippen LogP contribution in [0.1, 0.15) is 39.5 Å². The van der Waals surface area contributed by atoms with Crippen LogP contribution in [0.3, 0.4) is 0 Å². The number of ether oxygens (including phenoxy) is 1. The van der Waals surface area contributed by atoms with E-state index in [1.807, 2.05) is 6.08 Å². The highest BCUT2D eigenvalue weighted by Crippen LogP contribution is 2.04. The van der Waals surface area contributed by atoms with Gasteiger partial charge in [0.25, 0.3) is 0 Å². The number of esters is 1. The van der Waals surface area contributed by atoms with E-state index in [0.717, 1.165) is 25.7 Å². The molecule has 0 fully saturated rings. The maximum Gasteiger partial charge on any atom is 0.354 e. The fourth-order valence-electron chi connectivity index (χ4n) is 1.26. The van der Waals surface area contributed by atoms with Gasteiger partial charge in [0.05, 0.1) is 6.61 Å². The van der Waals surface area contributed by atoms with Gasteiger partial charge in [-0.1, -0.05) is 12.2 Å². The van der Waals surface area contributed by atoms with E-state index in [-0.39, 0.29) is 11.6 Å². The van der Waals surface area contributed by atoms with Gasteiger partial charge in [-0.25, -0.2) is 4.79 Å². The van der Waals surface area contributed by atoms with E-state index in [9.17, 15) is 9.59 Å². The number of amides is 1. The molecule has 4 heteroatoms. The molecule has 17 heavy (non-hydrogen) atoms. The molecule has 0 aromatic heterocycles. The number of unbranched alkanes of at least 4 members (excludes halogenated alkanes) is 3. The van der Waals surface area contributed by atoms with Crippen molar-refractivity contribution in [3.63, 3.8) is 0 Å². The summed E-state index contributed by atoms with van der Waals surface area (Å²) in [6.45, 7) is 7.03. The van der Waals surface area contributed by atoms with Crippen molar-refractivity contribution in [2.24, 2.45) is 0 Å². The summed E-state index contributed by atoms with van der Waals surface area (Å²) in [5.41, 5.74) is 0.234. The Labute approximate surface area is 103 Å². The number of hydrogen-bond donors (Lipinski definition) is 1. The number of nitrogens with one attached hydrogen (secondary N) is 1. The van der Waals surface area contributed by atoms with Crippen LogP contribution in [0, 0.1) is 0 Å². The van der Waals surface area contributed by atoms with Crippen molar-refractivity contribution >= 4 is 11.9 Å². The average molecular weight is 239 g/mol. The zero-order valence-electron chi connectivity index (χ0n) is 10.6. The molecule has 1 amide bonds. The summed E-state index contributed by atoms with van der Waals surface area (Å²) in [5, 5.41) is 2.48. The Hall–Kier alpha value is -1.58. The molecule has 0 aliphatic heterocycles. The molecule has 4 nitrogen and oxygen atoms in total. The maximum absolute atomic E-state index is 11.5. The van der Waals surface area contributed by atoms with Gasteiger partial charge in [0.1, 0.15) is 5.70 Å². The van der Waals surface area contributed by atoms with E-state index in [2.05, 4.69) is 11.9 Å². The first-order valence-electron chi connectivity index (χ1n) is 5.87. The zero-order chi connectivity index (χ0) is 13.1. The summed E-state index contributed by atoms with van der Waals surface area (Å²) in [6, 6.07) is 0. The van der Waals surface area contributed by atoms with Crippen molar-refractivity contribution in [2.45, 2.75) is 39.5 Å². The van der Waals surface area contributed by atoms with Crippen molar-refractivity contribution in [3.8, 4) is 0 Å². The van der Waals surface area contributed by atoms with Crippen LogP contribution in [0.5, 0.6) is 0 Å². The normalized spacial score (nSPS) is 10.8. The lowest BCUT2D eigenvalue weighted by Gasteiger charge is -2.07. The first-order chi connectivity index (χ1) is 8.11. The fraction of sp³-hybridized carbons (Fsp3) is 0.538. The van der Waals surface area contributed by atoms with Crippen molar-refractivity contribution in [3.05, 3.63) is 24.4 Å². The summed E-state index contributed by atoms with van der Waals surface area (Å²) in [4.78, 5) is 22.4. The monoisotopic (exact) mass is 239 g/mol. The lowest BCUT2D eigenvalue weighted by Crippen LogP contribution is -2.26. The van der Waals surface area contributed by atoms with E-state index >= 15 is 0 Å². The van der Waals surface area contributed by atoms with Crippen LogP contribution >= 0.6 is 0 Å². The molecule has 0 saturated carbocycles. The molecule has 0 aromatic rings. The second kappa shape index (κ2) is 9.63. The smallest absolute Gasteiger partial charge is 0.354 e. The topological polar surface area (TPSA) is 55.4 Å². The van der Waals surface area contributed by atoms with Crippen molar-refractivity contribution in [1.29, 1.82) is 0 Å². The summed E-state index contributed by atoms with van der Waals surface area (Å²) < 4.78 is 4.84. The zero-order valence-corrected chi connectivity index (χ0v) is 10.6. The Kier molecular flexibility index (Phi) is 8.74. The molecule has 0 aromatic carbocycles. The fourth-order valence-corrected chi connectivity index (χ4v) is 1.26. The Morgan fingerprint density at radius 2 is 1.94 bits per heavy atom. The molecule has 0 unspecified atom stereocenters. The van der Waals surface area contributed by atoms with E-state index < -0.39 is 5.97 Å². The predicted molar refractivity (Wildman–Crippen MR) is 67.2 cm³/mol. The van der Waals surface area contributed by atoms with Gasteiger partial charge in [0, 0.05) is 6.92 Å². The lowest BCUT2D eigenvalue weighted by atomic mass is 10.1. The first kappa shape index (κ1) is 15.4. The molecular weight excluding hydrogens is 218 g/mol. The maximum atomic E-state index is 11.5. The number of allylic oxidation sites excluding steroid dienone is 2. The number of carbonyl (C=O) groups excluding carboxylic acids is 2. The van der Waals surface area contributed by atoms with Gasteiger partial charge in [-0.2, -0.15) is 0 Å². The summed E-state index contributed by atoms with van der Waals surface area (Å²) >= 11 is 0. The standard InChI is InChI=1S/C13H21NO3/c1-4-6-7-8-9-10-12(14-11(3)15)13(16)17-5-2/h4,10H,1,5-9H2,2-3H3,(H,14,15). The molecule has 0 rings (SSSR count).